The molecule has 0 radical (unpaired) electrons. The van der Waals surface area contributed by atoms with E-state index in [0.717, 1.165) is 18.4 Å². The number of rotatable bonds is 5. The summed E-state index contributed by atoms with van der Waals surface area (Å²) >= 11 is 0. The molecule has 17 heavy (non-hydrogen) atoms. The Morgan fingerprint density at radius 1 is 1.24 bits per heavy atom. The molecule has 0 saturated carbocycles. The lowest BCUT2D eigenvalue weighted by molar-refractivity contribution is -0.0124. The zero-order chi connectivity index (χ0) is 13.1. The van der Waals surface area contributed by atoms with E-state index in [1.807, 2.05) is 0 Å². The summed E-state index contributed by atoms with van der Waals surface area (Å²) in [6, 6.07) is 4.73. The highest BCUT2D eigenvalue weighted by atomic mass is 32.2. The quantitative estimate of drug-likeness (QED) is 0.881. The second-order valence-corrected chi connectivity index (χ2v) is 5.87. The van der Waals surface area contributed by atoms with Gasteiger partial charge < -0.3 is 5.32 Å². The summed E-state index contributed by atoms with van der Waals surface area (Å²) in [4.78, 5) is 0.0469. The lowest BCUT2D eigenvalue weighted by Gasteiger charge is -2.16. The first-order valence-corrected chi connectivity index (χ1v) is 6.99. The van der Waals surface area contributed by atoms with Gasteiger partial charge in [-0.25, -0.2) is 17.2 Å². The van der Waals surface area contributed by atoms with Gasteiger partial charge in [0.1, 0.15) is 0 Å². The summed E-state index contributed by atoms with van der Waals surface area (Å²) < 4.78 is 49.5. The Morgan fingerprint density at radius 2 is 1.76 bits per heavy atom. The molecule has 0 spiro atoms. The maximum absolute atomic E-state index is 13.6. The molecule has 1 N–H and O–H groups in total. The average Bonchev–Trinajstić information content (AvgIpc) is 2.25. The summed E-state index contributed by atoms with van der Waals surface area (Å²) in [5.41, 5.74) is -0.167. The third kappa shape index (κ3) is 3.74. The molecular weight excluding hydrogens is 248 g/mol. The number of hydrogen-bond donors (Lipinski definition) is 1. The van der Waals surface area contributed by atoms with Crippen molar-refractivity contribution >= 4 is 9.84 Å². The van der Waals surface area contributed by atoms with Gasteiger partial charge in [-0.05, 0) is 19.2 Å². The topological polar surface area (TPSA) is 46.2 Å². The van der Waals surface area contributed by atoms with Crippen LogP contribution in [0.25, 0.3) is 0 Å². The first kappa shape index (κ1) is 14.1. The molecule has 0 heterocycles. The van der Waals surface area contributed by atoms with Gasteiger partial charge in [-0.2, -0.15) is 0 Å². The molecule has 96 valence electrons. The van der Waals surface area contributed by atoms with Crippen LogP contribution in [0.5, 0.6) is 0 Å². The van der Waals surface area contributed by atoms with Gasteiger partial charge in [0.25, 0.3) is 5.92 Å². The molecule has 1 aromatic carbocycles. The molecule has 1 rings (SSSR count). The fourth-order valence-electron chi connectivity index (χ4n) is 1.37. The largest absolute Gasteiger partial charge is 0.320 e. The molecule has 0 aromatic heterocycles. The monoisotopic (exact) mass is 263 g/mol. The van der Waals surface area contributed by atoms with Crippen LogP contribution in [0, 0.1) is 0 Å². The van der Waals surface area contributed by atoms with Crippen LogP contribution in [0.3, 0.4) is 0 Å². The van der Waals surface area contributed by atoms with E-state index in [0.29, 0.717) is 0 Å². The second kappa shape index (κ2) is 5.10. The van der Waals surface area contributed by atoms with Crippen LogP contribution >= 0.6 is 0 Å². The van der Waals surface area contributed by atoms with Gasteiger partial charge in [-0.1, -0.05) is 12.1 Å². The average molecular weight is 263 g/mol. The normalized spacial score (nSPS) is 12.7. The van der Waals surface area contributed by atoms with Gasteiger partial charge in [0.2, 0.25) is 0 Å². The van der Waals surface area contributed by atoms with Crippen molar-refractivity contribution in [3.63, 3.8) is 0 Å². The van der Waals surface area contributed by atoms with Crippen molar-refractivity contribution in [1.29, 1.82) is 0 Å². The molecule has 1 aromatic rings. The van der Waals surface area contributed by atoms with Crippen molar-refractivity contribution in [2.24, 2.45) is 0 Å². The maximum atomic E-state index is 13.6. The van der Waals surface area contributed by atoms with Gasteiger partial charge in [0, 0.05) is 24.8 Å². The van der Waals surface area contributed by atoms with E-state index >= 15 is 0 Å². The van der Waals surface area contributed by atoms with Gasteiger partial charge in [-0.15, -0.1) is 0 Å². The van der Waals surface area contributed by atoms with Gasteiger partial charge >= 0.3 is 0 Å². The zero-order valence-electron chi connectivity index (χ0n) is 9.70. The molecule has 6 heteroatoms. The Labute approximate surface area is 99.8 Å². The standard InChI is InChI=1S/C11H15F2NO2S/c1-14-8-7-11(12,13)9-3-5-10(6-4-9)17(2,15)16/h3-6,14H,7-8H2,1-2H3. The Bertz CT molecular complexity index is 469. The number of sulfone groups is 1. The SMILES string of the molecule is CNCCC(F)(F)c1ccc(S(C)(=O)=O)cc1. The number of hydrogen-bond acceptors (Lipinski definition) is 3. The molecule has 0 atom stereocenters. The van der Waals surface area contributed by atoms with Crippen LogP contribution < -0.4 is 5.32 Å². The number of alkyl halides is 2. The molecule has 0 aliphatic rings. The molecule has 0 bridgehead atoms. The summed E-state index contributed by atoms with van der Waals surface area (Å²) in [6.07, 6.45) is 0.725. The van der Waals surface area contributed by atoms with Crippen molar-refractivity contribution in [3.8, 4) is 0 Å². The lowest BCUT2D eigenvalue weighted by Crippen LogP contribution is -2.20. The predicted molar refractivity (Wildman–Crippen MR) is 62.0 cm³/mol. The third-order valence-electron chi connectivity index (χ3n) is 2.39. The van der Waals surface area contributed by atoms with Gasteiger partial charge in [0.05, 0.1) is 4.90 Å². The number of nitrogens with one attached hydrogen (secondary N) is 1. The van der Waals surface area contributed by atoms with Crippen LogP contribution in [0.4, 0.5) is 8.78 Å². The van der Waals surface area contributed by atoms with Gasteiger partial charge in [0.15, 0.2) is 9.84 Å². The first-order valence-electron chi connectivity index (χ1n) is 5.10. The molecule has 0 fully saturated rings. The summed E-state index contributed by atoms with van der Waals surface area (Å²) in [7, 11) is -1.74. The first-order chi connectivity index (χ1) is 7.77. The van der Waals surface area contributed by atoms with E-state index in [4.69, 9.17) is 0 Å². The van der Waals surface area contributed by atoms with E-state index in [2.05, 4.69) is 5.32 Å². The Morgan fingerprint density at radius 3 is 2.18 bits per heavy atom. The van der Waals surface area contributed by atoms with Crippen LogP contribution in [-0.4, -0.2) is 28.3 Å². The minimum Gasteiger partial charge on any atom is -0.320 e. The third-order valence-corrected chi connectivity index (χ3v) is 3.52. The van der Waals surface area contributed by atoms with Crippen molar-refractivity contribution in [1.82, 2.24) is 5.32 Å². The van der Waals surface area contributed by atoms with Gasteiger partial charge in [-0.3, -0.25) is 0 Å². The highest BCUT2D eigenvalue weighted by Gasteiger charge is 2.30. The smallest absolute Gasteiger partial charge is 0.274 e. The maximum Gasteiger partial charge on any atom is 0.274 e. The summed E-state index contributed by atoms with van der Waals surface area (Å²) in [5, 5.41) is 2.65. The van der Waals surface area contributed by atoms with Crippen molar-refractivity contribution in [3.05, 3.63) is 29.8 Å². The Hall–Kier alpha value is -1.01. The second-order valence-electron chi connectivity index (χ2n) is 3.85. The molecule has 0 aliphatic carbocycles. The Kier molecular flexibility index (Phi) is 4.21. The van der Waals surface area contributed by atoms with Crippen LogP contribution in [-0.2, 0) is 15.8 Å². The van der Waals surface area contributed by atoms with Crippen LogP contribution in [0.1, 0.15) is 12.0 Å². The minimum atomic E-state index is -3.34. The fraction of sp³-hybridized carbons (Fsp3) is 0.455. The fourth-order valence-corrected chi connectivity index (χ4v) is 2.00. The summed E-state index contributed by atoms with van der Waals surface area (Å²) in [6.45, 7) is 0.195. The van der Waals surface area contributed by atoms with E-state index in [9.17, 15) is 17.2 Å². The van der Waals surface area contributed by atoms with E-state index in [1.54, 1.807) is 7.05 Å². The van der Waals surface area contributed by atoms with Crippen LogP contribution in [0.15, 0.2) is 29.2 Å². The van der Waals surface area contributed by atoms with Crippen molar-refractivity contribution in [2.45, 2.75) is 17.2 Å². The molecular formula is C11H15F2NO2S. The number of halogens is 2. The number of benzene rings is 1. The van der Waals surface area contributed by atoms with Crippen molar-refractivity contribution in [2.75, 3.05) is 19.8 Å². The molecule has 0 amide bonds. The Balaban J connectivity index is 2.94. The lowest BCUT2D eigenvalue weighted by atomic mass is 10.1. The van der Waals surface area contributed by atoms with Crippen molar-refractivity contribution < 1.29 is 17.2 Å². The molecule has 0 aliphatic heterocycles. The zero-order valence-corrected chi connectivity index (χ0v) is 10.5. The highest BCUT2D eigenvalue weighted by Crippen LogP contribution is 2.31. The molecule has 0 unspecified atom stereocenters. The minimum absolute atomic E-state index is 0.0469. The molecule has 3 nitrogen and oxygen atoms in total. The predicted octanol–water partition coefficient (Wildman–Crippen LogP) is 1.79. The van der Waals surface area contributed by atoms with E-state index in [1.165, 1.54) is 12.1 Å². The van der Waals surface area contributed by atoms with E-state index in [-0.39, 0.29) is 23.4 Å². The molecule has 0 saturated heterocycles. The van der Waals surface area contributed by atoms with Crippen LogP contribution in [0.2, 0.25) is 0 Å². The highest BCUT2D eigenvalue weighted by molar-refractivity contribution is 7.90. The summed E-state index contributed by atoms with van der Waals surface area (Å²) in [5.74, 6) is -2.95. The van der Waals surface area contributed by atoms with E-state index < -0.39 is 15.8 Å².